The number of rotatable bonds is 11. The quantitative estimate of drug-likeness (QED) is 0.120. The molecule has 0 spiro atoms. The van der Waals surface area contributed by atoms with Gasteiger partial charge in [0.15, 0.2) is 0 Å². The van der Waals surface area contributed by atoms with Crippen molar-refractivity contribution in [2.45, 2.75) is 26.2 Å². The molecule has 10 aromatic carbocycles. The molecule has 0 atom stereocenters. The molecule has 0 aliphatic heterocycles. The Morgan fingerprint density at radius 3 is 1.63 bits per heavy atom. The third kappa shape index (κ3) is 7.63. The van der Waals surface area contributed by atoms with Crippen molar-refractivity contribution >= 4 is 114 Å². The predicted octanol–water partition coefficient (Wildman–Crippen LogP) is 20.4. The maximum atomic E-state index is 2.46. The average Bonchev–Trinajstić information content (AvgIpc) is 4.08. The van der Waals surface area contributed by atoms with Crippen LogP contribution >= 0.6 is 22.7 Å². The minimum absolute atomic E-state index is 0.0678. The molecular weight excluding hydrogens is 923 g/mol. The van der Waals surface area contributed by atoms with E-state index in [2.05, 4.69) is 290 Å². The molecule has 350 valence electrons. The minimum atomic E-state index is -0.0678. The maximum absolute atomic E-state index is 2.46. The lowest BCUT2D eigenvalue weighted by Gasteiger charge is -2.28. The molecule has 13 rings (SSSR count). The molecule has 73 heavy (non-hydrogen) atoms. The van der Waals surface area contributed by atoms with Crippen LogP contribution in [0.15, 0.2) is 255 Å². The summed E-state index contributed by atoms with van der Waals surface area (Å²) in [6.07, 6.45) is 6.52. The number of benzene rings is 10. The van der Waals surface area contributed by atoms with Gasteiger partial charge in [0.2, 0.25) is 0 Å². The Labute approximate surface area is 435 Å². The van der Waals surface area contributed by atoms with Gasteiger partial charge in [-0.15, -0.1) is 22.7 Å². The van der Waals surface area contributed by atoms with Gasteiger partial charge < -0.3 is 14.7 Å². The number of allylic oxidation sites excluding steroid dienone is 3. The second-order valence-corrected chi connectivity index (χ2v) is 21.4. The van der Waals surface area contributed by atoms with E-state index in [1.165, 1.54) is 68.3 Å². The second-order valence-electron chi connectivity index (χ2n) is 19.2. The first-order chi connectivity index (χ1) is 35.9. The molecule has 0 unspecified atom stereocenters. The summed E-state index contributed by atoms with van der Waals surface area (Å²) < 4.78 is 4.97. The van der Waals surface area contributed by atoms with Crippen LogP contribution in [0.25, 0.3) is 57.2 Å². The van der Waals surface area contributed by atoms with Crippen LogP contribution in [0, 0.1) is 0 Å². The summed E-state index contributed by atoms with van der Waals surface area (Å²) in [4.78, 5) is 7.29. The average molecular weight is 974 g/mol. The third-order valence-corrected chi connectivity index (χ3v) is 16.9. The lowest BCUT2D eigenvalue weighted by Crippen LogP contribution is -2.15. The molecule has 12 aromatic rings. The van der Waals surface area contributed by atoms with Crippen molar-refractivity contribution in [3.63, 3.8) is 0 Å². The van der Waals surface area contributed by atoms with Crippen molar-refractivity contribution in [2.24, 2.45) is 0 Å². The zero-order chi connectivity index (χ0) is 49.0. The summed E-state index contributed by atoms with van der Waals surface area (Å²) in [6.45, 7) is 6.78. The highest BCUT2D eigenvalue weighted by Crippen LogP contribution is 2.53. The van der Waals surface area contributed by atoms with Gasteiger partial charge in [-0.1, -0.05) is 172 Å². The van der Waals surface area contributed by atoms with E-state index in [0.29, 0.717) is 0 Å². The highest BCUT2D eigenvalue weighted by atomic mass is 32.1. The molecule has 0 saturated carbocycles. The van der Waals surface area contributed by atoms with Gasteiger partial charge in [-0.3, -0.25) is 0 Å². The van der Waals surface area contributed by atoms with Crippen LogP contribution in [0.5, 0.6) is 0 Å². The van der Waals surface area contributed by atoms with E-state index in [9.17, 15) is 0 Å². The highest BCUT2D eigenvalue weighted by Gasteiger charge is 2.36. The standard InChI is InChI=1S/C68H51N3S2/c1-4-5-33-60(46-22-10-6-11-23-46)71(52-38-41-56-65(45-52)72-63-36-21-34-61(66(56)63)69(47-24-12-7-13-25-47)48-26-14-8-15-27-48)51-37-40-54-55-31-20-35-62(67(55)73-64(54)44-51)70(49-28-16-9-17-29-49)50-39-42-59-57(43-50)53-30-18-19-32-58(53)68(59,2)3/h4-45H,1-3H3/b5-4-,60-33+. The Balaban J connectivity index is 0.974. The van der Waals surface area contributed by atoms with Crippen LogP contribution in [-0.4, -0.2) is 0 Å². The van der Waals surface area contributed by atoms with Crippen LogP contribution in [0.3, 0.4) is 0 Å². The molecule has 2 aromatic heterocycles. The summed E-state index contributed by atoms with van der Waals surface area (Å²) in [7, 11) is 0. The lowest BCUT2D eigenvalue weighted by molar-refractivity contribution is 0.660. The largest absolute Gasteiger partial charge is 0.310 e. The summed E-state index contributed by atoms with van der Waals surface area (Å²) in [6, 6.07) is 86.7. The first-order valence-electron chi connectivity index (χ1n) is 25.0. The fourth-order valence-electron chi connectivity index (χ4n) is 11.2. The molecule has 0 amide bonds. The Bertz CT molecular complexity index is 4040. The summed E-state index contributed by atoms with van der Waals surface area (Å²) in [5, 5.41) is 4.98. The molecule has 3 nitrogen and oxygen atoms in total. The number of hydrogen-bond acceptors (Lipinski definition) is 5. The Morgan fingerprint density at radius 1 is 0.411 bits per heavy atom. The number of para-hydroxylation sites is 3. The van der Waals surface area contributed by atoms with E-state index in [4.69, 9.17) is 0 Å². The molecule has 0 radical (unpaired) electrons. The monoisotopic (exact) mass is 973 g/mol. The van der Waals surface area contributed by atoms with Gasteiger partial charge in [0.05, 0.1) is 21.8 Å². The Hall–Kier alpha value is -8.48. The van der Waals surface area contributed by atoms with Gasteiger partial charge in [-0.2, -0.15) is 0 Å². The normalized spacial score (nSPS) is 13.0. The van der Waals surface area contributed by atoms with E-state index in [-0.39, 0.29) is 5.41 Å². The molecule has 0 fully saturated rings. The number of anilines is 8. The Morgan fingerprint density at radius 2 is 0.959 bits per heavy atom. The summed E-state index contributed by atoms with van der Waals surface area (Å²) in [5.41, 5.74) is 16.6. The van der Waals surface area contributed by atoms with Gasteiger partial charge in [0, 0.05) is 75.2 Å². The molecule has 0 bridgehead atoms. The van der Waals surface area contributed by atoms with Crippen molar-refractivity contribution in [3.05, 3.63) is 272 Å². The third-order valence-electron chi connectivity index (χ3n) is 14.5. The molecule has 0 N–H and O–H groups in total. The van der Waals surface area contributed by atoms with Gasteiger partial charge in [-0.05, 0) is 132 Å². The van der Waals surface area contributed by atoms with Crippen LogP contribution in [-0.2, 0) is 5.41 Å². The van der Waals surface area contributed by atoms with Crippen molar-refractivity contribution < 1.29 is 0 Å². The van der Waals surface area contributed by atoms with Gasteiger partial charge in [-0.25, -0.2) is 0 Å². The molecule has 2 heterocycles. The smallest absolute Gasteiger partial charge is 0.0640 e. The fraction of sp³-hybridized carbons (Fsp3) is 0.0588. The minimum Gasteiger partial charge on any atom is -0.310 e. The number of thiophene rings is 2. The first kappa shape index (κ1) is 44.5. The van der Waals surface area contributed by atoms with Gasteiger partial charge in [0.25, 0.3) is 0 Å². The van der Waals surface area contributed by atoms with E-state index in [1.807, 2.05) is 22.7 Å². The highest BCUT2D eigenvalue weighted by molar-refractivity contribution is 7.26. The van der Waals surface area contributed by atoms with E-state index in [1.54, 1.807) is 0 Å². The summed E-state index contributed by atoms with van der Waals surface area (Å²) in [5.74, 6) is 0. The molecule has 5 heteroatoms. The summed E-state index contributed by atoms with van der Waals surface area (Å²) >= 11 is 3.73. The van der Waals surface area contributed by atoms with Crippen LogP contribution < -0.4 is 14.7 Å². The van der Waals surface area contributed by atoms with Gasteiger partial charge in [0.1, 0.15) is 0 Å². The van der Waals surface area contributed by atoms with Crippen molar-refractivity contribution in [1.29, 1.82) is 0 Å². The van der Waals surface area contributed by atoms with E-state index in [0.717, 1.165) is 51.1 Å². The van der Waals surface area contributed by atoms with Crippen LogP contribution in [0.1, 0.15) is 37.5 Å². The molecule has 1 aliphatic rings. The number of hydrogen-bond donors (Lipinski definition) is 0. The van der Waals surface area contributed by atoms with Crippen LogP contribution in [0.4, 0.5) is 45.5 Å². The molecule has 0 saturated heterocycles. The van der Waals surface area contributed by atoms with Crippen molar-refractivity contribution in [3.8, 4) is 11.1 Å². The van der Waals surface area contributed by atoms with Crippen molar-refractivity contribution in [2.75, 3.05) is 14.7 Å². The SMILES string of the molecule is C/C=C\C=C(/c1ccccc1)N(c1ccc2c(c1)sc1c(N(c3ccccc3)c3ccc4c(c3)-c3ccccc3C4(C)C)cccc12)c1ccc2c(c1)sc1cccc(N(c3ccccc3)c3ccccc3)c12. The molecule has 1 aliphatic carbocycles. The first-order valence-corrected chi connectivity index (χ1v) is 26.7. The Kier molecular flexibility index (Phi) is 11.1. The second kappa shape index (κ2) is 18.3. The van der Waals surface area contributed by atoms with Gasteiger partial charge >= 0.3 is 0 Å². The maximum Gasteiger partial charge on any atom is 0.0640 e. The van der Waals surface area contributed by atoms with E-state index < -0.39 is 0 Å². The van der Waals surface area contributed by atoms with Crippen molar-refractivity contribution in [1.82, 2.24) is 0 Å². The zero-order valence-electron chi connectivity index (χ0n) is 40.9. The predicted molar refractivity (Wildman–Crippen MR) is 317 cm³/mol. The fourth-order valence-corrected chi connectivity index (χ4v) is 13.6. The lowest BCUT2D eigenvalue weighted by atomic mass is 9.82. The van der Waals surface area contributed by atoms with Crippen LogP contribution in [0.2, 0.25) is 0 Å². The number of fused-ring (bicyclic) bond motifs is 9. The zero-order valence-corrected chi connectivity index (χ0v) is 42.5. The number of nitrogens with zero attached hydrogens (tertiary/aromatic N) is 3. The van der Waals surface area contributed by atoms with E-state index >= 15 is 0 Å². The topological polar surface area (TPSA) is 9.72 Å². The molecular formula is C68H51N3S2.